The molecule has 0 saturated heterocycles. The Morgan fingerprint density at radius 1 is 1.12 bits per heavy atom. The Morgan fingerprint density at radius 3 is 2.75 bits per heavy atom. The van der Waals surface area contributed by atoms with Crippen molar-refractivity contribution in [3.63, 3.8) is 0 Å². The van der Waals surface area contributed by atoms with E-state index in [1.54, 1.807) is 6.20 Å². The SMILES string of the molecule is CNc1cccc(NCc2cccnn2)n1. The van der Waals surface area contributed by atoms with E-state index in [4.69, 9.17) is 0 Å². The highest BCUT2D eigenvalue weighted by atomic mass is 15.1. The summed E-state index contributed by atoms with van der Waals surface area (Å²) < 4.78 is 0. The van der Waals surface area contributed by atoms with Crippen LogP contribution in [0.25, 0.3) is 0 Å². The highest BCUT2D eigenvalue weighted by molar-refractivity contribution is 5.44. The van der Waals surface area contributed by atoms with Crippen LogP contribution in [0, 0.1) is 0 Å². The lowest BCUT2D eigenvalue weighted by Gasteiger charge is -2.06. The van der Waals surface area contributed by atoms with Gasteiger partial charge in [-0.15, -0.1) is 0 Å². The Balaban J connectivity index is 1.99. The largest absolute Gasteiger partial charge is 0.373 e. The summed E-state index contributed by atoms with van der Waals surface area (Å²) in [5.74, 6) is 1.65. The number of hydrogen-bond donors (Lipinski definition) is 2. The summed E-state index contributed by atoms with van der Waals surface area (Å²) in [5, 5.41) is 14.0. The number of pyridine rings is 1. The minimum Gasteiger partial charge on any atom is -0.373 e. The predicted octanol–water partition coefficient (Wildman–Crippen LogP) is 1.53. The normalized spacial score (nSPS) is 9.81. The van der Waals surface area contributed by atoms with Crippen LogP contribution < -0.4 is 10.6 Å². The van der Waals surface area contributed by atoms with E-state index in [0.717, 1.165) is 17.3 Å². The second kappa shape index (κ2) is 5.06. The number of nitrogens with zero attached hydrogens (tertiary/aromatic N) is 3. The summed E-state index contributed by atoms with van der Waals surface area (Å²) in [6.45, 7) is 0.619. The minimum atomic E-state index is 0.619. The molecule has 2 aromatic heterocycles. The van der Waals surface area contributed by atoms with Gasteiger partial charge in [0.05, 0.1) is 12.2 Å². The summed E-state index contributed by atoms with van der Waals surface area (Å²) in [7, 11) is 1.84. The van der Waals surface area contributed by atoms with Crippen LogP contribution in [0.2, 0.25) is 0 Å². The van der Waals surface area contributed by atoms with Crippen LogP contribution in [-0.2, 0) is 6.54 Å². The molecule has 0 amide bonds. The number of aromatic nitrogens is 3. The van der Waals surface area contributed by atoms with Crippen LogP contribution >= 0.6 is 0 Å². The van der Waals surface area contributed by atoms with Gasteiger partial charge in [0.2, 0.25) is 0 Å². The Bertz CT molecular complexity index is 443. The minimum absolute atomic E-state index is 0.619. The lowest BCUT2D eigenvalue weighted by Crippen LogP contribution is -2.04. The van der Waals surface area contributed by atoms with Gasteiger partial charge >= 0.3 is 0 Å². The molecule has 0 aliphatic rings. The highest BCUT2D eigenvalue weighted by Gasteiger charge is 1.97. The fraction of sp³-hybridized carbons (Fsp3) is 0.182. The topological polar surface area (TPSA) is 62.7 Å². The predicted molar refractivity (Wildman–Crippen MR) is 63.1 cm³/mol. The van der Waals surface area contributed by atoms with Crippen molar-refractivity contribution in [2.24, 2.45) is 0 Å². The van der Waals surface area contributed by atoms with E-state index in [0.29, 0.717) is 6.54 Å². The molecule has 5 nitrogen and oxygen atoms in total. The van der Waals surface area contributed by atoms with Crippen LogP contribution in [-0.4, -0.2) is 22.2 Å². The monoisotopic (exact) mass is 215 g/mol. The van der Waals surface area contributed by atoms with Crippen molar-refractivity contribution in [3.8, 4) is 0 Å². The van der Waals surface area contributed by atoms with E-state index >= 15 is 0 Å². The zero-order valence-corrected chi connectivity index (χ0v) is 9.01. The molecule has 82 valence electrons. The standard InChI is InChI=1S/C11H13N5/c1-12-10-5-2-6-11(15-10)13-8-9-4-3-7-14-16-9/h2-7H,8H2,1H3,(H2,12,13,15). The zero-order chi connectivity index (χ0) is 11.2. The number of hydrogen-bond acceptors (Lipinski definition) is 5. The summed E-state index contributed by atoms with van der Waals surface area (Å²) >= 11 is 0. The van der Waals surface area contributed by atoms with Crippen molar-refractivity contribution >= 4 is 11.6 Å². The third-order valence-electron chi connectivity index (χ3n) is 2.08. The molecule has 2 aromatic rings. The van der Waals surface area contributed by atoms with Gasteiger partial charge in [-0.25, -0.2) is 4.98 Å². The van der Waals surface area contributed by atoms with Gasteiger partial charge in [-0.3, -0.25) is 0 Å². The molecule has 0 bridgehead atoms. The first kappa shape index (κ1) is 10.4. The van der Waals surface area contributed by atoms with E-state index in [-0.39, 0.29) is 0 Å². The lowest BCUT2D eigenvalue weighted by atomic mass is 10.4. The third kappa shape index (κ3) is 2.66. The van der Waals surface area contributed by atoms with Crippen LogP contribution in [0.4, 0.5) is 11.6 Å². The summed E-state index contributed by atoms with van der Waals surface area (Å²) in [4.78, 5) is 4.34. The first-order valence-corrected chi connectivity index (χ1v) is 5.04. The molecule has 0 spiro atoms. The fourth-order valence-electron chi connectivity index (χ4n) is 1.28. The number of rotatable bonds is 4. The van der Waals surface area contributed by atoms with Gasteiger partial charge < -0.3 is 10.6 Å². The van der Waals surface area contributed by atoms with Gasteiger partial charge in [-0.2, -0.15) is 10.2 Å². The van der Waals surface area contributed by atoms with Crippen molar-refractivity contribution in [1.82, 2.24) is 15.2 Å². The molecule has 2 heterocycles. The second-order valence-electron chi connectivity index (χ2n) is 3.23. The van der Waals surface area contributed by atoms with Crippen molar-refractivity contribution in [2.75, 3.05) is 17.7 Å². The molecule has 16 heavy (non-hydrogen) atoms. The van der Waals surface area contributed by atoms with E-state index in [9.17, 15) is 0 Å². The summed E-state index contributed by atoms with van der Waals surface area (Å²) in [6, 6.07) is 9.55. The molecular formula is C11H13N5. The first-order chi connectivity index (χ1) is 7.88. The van der Waals surface area contributed by atoms with Gasteiger partial charge in [0.15, 0.2) is 0 Å². The Hall–Kier alpha value is -2.17. The van der Waals surface area contributed by atoms with Gasteiger partial charge in [0, 0.05) is 13.2 Å². The molecular weight excluding hydrogens is 202 g/mol. The average Bonchev–Trinajstić information content (AvgIpc) is 2.38. The fourth-order valence-corrected chi connectivity index (χ4v) is 1.28. The highest BCUT2D eigenvalue weighted by Crippen LogP contribution is 2.08. The van der Waals surface area contributed by atoms with Crippen LogP contribution in [0.15, 0.2) is 36.5 Å². The zero-order valence-electron chi connectivity index (χ0n) is 9.01. The Kier molecular flexibility index (Phi) is 3.28. The summed E-state index contributed by atoms with van der Waals surface area (Å²) in [5.41, 5.74) is 0.888. The average molecular weight is 215 g/mol. The van der Waals surface area contributed by atoms with Crippen LogP contribution in [0.1, 0.15) is 5.69 Å². The molecule has 0 fully saturated rings. The summed E-state index contributed by atoms with van der Waals surface area (Å²) in [6.07, 6.45) is 1.66. The second-order valence-corrected chi connectivity index (χ2v) is 3.23. The van der Waals surface area contributed by atoms with Crippen LogP contribution in [0.3, 0.4) is 0 Å². The van der Waals surface area contributed by atoms with E-state index in [2.05, 4.69) is 25.8 Å². The molecule has 2 rings (SSSR count). The molecule has 5 heteroatoms. The molecule has 0 aliphatic carbocycles. The van der Waals surface area contributed by atoms with Crippen molar-refractivity contribution in [3.05, 3.63) is 42.2 Å². The third-order valence-corrected chi connectivity index (χ3v) is 2.08. The van der Waals surface area contributed by atoms with Gasteiger partial charge in [-0.1, -0.05) is 6.07 Å². The molecule has 0 aromatic carbocycles. The van der Waals surface area contributed by atoms with Gasteiger partial charge in [-0.05, 0) is 24.3 Å². The molecule has 0 atom stereocenters. The van der Waals surface area contributed by atoms with E-state index in [1.165, 1.54) is 0 Å². The smallest absolute Gasteiger partial charge is 0.128 e. The number of anilines is 2. The maximum absolute atomic E-state index is 4.34. The first-order valence-electron chi connectivity index (χ1n) is 5.04. The molecule has 0 saturated carbocycles. The van der Waals surface area contributed by atoms with Gasteiger partial charge in [0.1, 0.15) is 11.6 Å². The van der Waals surface area contributed by atoms with E-state index in [1.807, 2.05) is 37.4 Å². The molecule has 0 aliphatic heterocycles. The van der Waals surface area contributed by atoms with Crippen molar-refractivity contribution in [1.29, 1.82) is 0 Å². The number of nitrogens with one attached hydrogen (secondary N) is 2. The van der Waals surface area contributed by atoms with Crippen molar-refractivity contribution < 1.29 is 0 Å². The van der Waals surface area contributed by atoms with Crippen LogP contribution in [0.5, 0.6) is 0 Å². The maximum Gasteiger partial charge on any atom is 0.128 e. The maximum atomic E-state index is 4.34. The Labute approximate surface area is 93.9 Å². The van der Waals surface area contributed by atoms with Gasteiger partial charge in [0.25, 0.3) is 0 Å². The van der Waals surface area contributed by atoms with E-state index < -0.39 is 0 Å². The molecule has 2 N–H and O–H groups in total. The quantitative estimate of drug-likeness (QED) is 0.809. The lowest BCUT2D eigenvalue weighted by molar-refractivity contribution is 0.921. The molecule has 0 radical (unpaired) electrons. The molecule has 0 unspecified atom stereocenters. The van der Waals surface area contributed by atoms with Crippen molar-refractivity contribution in [2.45, 2.75) is 6.54 Å². The Morgan fingerprint density at radius 2 is 2.00 bits per heavy atom.